The monoisotopic (exact) mass is 208 g/mol. The zero-order valence-electron chi connectivity index (χ0n) is 9.50. The van der Waals surface area contributed by atoms with Crippen molar-refractivity contribution < 1.29 is 9.53 Å². The van der Waals surface area contributed by atoms with Crippen molar-refractivity contribution >= 4 is 5.97 Å². The Morgan fingerprint density at radius 3 is 2.80 bits per heavy atom. The molecule has 1 atom stereocenters. The maximum Gasteiger partial charge on any atom is 0.316 e. The van der Waals surface area contributed by atoms with Gasteiger partial charge in [0.15, 0.2) is 0 Å². The van der Waals surface area contributed by atoms with Gasteiger partial charge in [-0.15, -0.1) is 0 Å². The molecule has 0 radical (unpaired) electrons. The van der Waals surface area contributed by atoms with Crippen LogP contribution in [0.2, 0.25) is 0 Å². The van der Waals surface area contributed by atoms with Crippen LogP contribution in [0, 0.1) is 11.8 Å². The maximum atomic E-state index is 11.4. The van der Waals surface area contributed by atoms with Crippen molar-refractivity contribution in [3.05, 3.63) is 11.6 Å². The Morgan fingerprint density at radius 1 is 1.40 bits per heavy atom. The average Bonchev–Trinajstić information content (AvgIpc) is 2.99. The maximum absolute atomic E-state index is 11.4. The molecule has 0 saturated heterocycles. The number of hydrogen-bond acceptors (Lipinski definition) is 2. The van der Waals surface area contributed by atoms with E-state index in [0.717, 1.165) is 12.3 Å². The smallest absolute Gasteiger partial charge is 0.316 e. The molecular formula is C13H20O2. The summed E-state index contributed by atoms with van der Waals surface area (Å²) in [6.45, 7) is 2.36. The first-order valence-corrected chi connectivity index (χ1v) is 6.18. The van der Waals surface area contributed by atoms with E-state index in [2.05, 4.69) is 6.08 Å². The van der Waals surface area contributed by atoms with E-state index in [1.165, 1.54) is 37.7 Å². The SMILES string of the molecule is CCOC(=O)[C@@H]1C=C1CC1CCCCC1. The lowest BCUT2D eigenvalue weighted by molar-refractivity contribution is -0.144. The Balaban J connectivity index is 1.69. The fraction of sp³-hybridized carbons (Fsp3) is 0.769. The summed E-state index contributed by atoms with van der Waals surface area (Å²) in [4.78, 5) is 11.4. The normalized spacial score (nSPS) is 25.9. The highest BCUT2D eigenvalue weighted by molar-refractivity contribution is 5.83. The number of rotatable bonds is 4. The van der Waals surface area contributed by atoms with E-state index >= 15 is 0 Å². The van der Waals surface area contributed by atoms with Gasteiger partial charge in [-0.05, 0) is 19.3 Å². The van der Waals surface area contributed by atoms with Gasteiger partial charge in [0, 0.05) is 0 Å². The van der Waals surface area contributed by atoms with Gasteiger partial charge in [-0.25, -0.2) is 0 Å². The third-order valence-electron chi connectivity index (χ3n) is 3.46. The van der Waals surface area contributed by atoms with Gasteiger partial charge in [0.05, 0.1) is 12.5 Å². The average molecular weight is 208 g/mol. The molecule has 0 unspecified atom stereocenters. The van der Waals surface area contributed by atoms with Crippen LogP contribution in [-0.2, 0) is 9.53 Å². The van der Waals surface area contributed by atoms with Crippen molar-refractivity contribution in [1.29, 1.82) is 0 Å². The molecule has 0 heterocycles. The lowest BCUT2D eigenvalue weighted by Gasteiger charge is -2.20. The third-order valence-corrected chi connectivity index (χ3v) is 3.46. The van der Waals surface area contributed by atoms with Gasteiger partial charge in [0.2, 0.25) is 0 Å². The molecule has 84 valence electrons. The Kier molecular flexibility index (Phi) is 3.45. The molecular weight excluding hydrogens is 188 g/mol. The topological polar surface area (TPSA) is 26.3 Å². The van der Waals surface area contributed by atoms with Crippen LogP contribution in [0.4, 0.5) is 0 Å². The molecule has 2 aliphatic carbocycles. The zero-order valence-corrected chi connectivity index (χ0v) is 9.50. The largest absolute Gasteiger partial charge is 0.465 e. The molecule has 0 aromatic heterocycles. The predicted octanol–water partition coefficient (Wildman–Crippen LogP) is 3.08. The molecule has 1 fully saturated rings. The summed E-state index contributed by atoms with van der Waals surface area (Å²) in [6, 6.07) is 0. The van der Waals surface area contributed by atoms with E-state index < -0.39 is 0 Å². The minimum absolute atomic E-state index is 0.0386. The molecule has 0 N–H and O–H groups in total. The second-order valence-electron chi connectivity index (χ2n) is 4.68. The van der Waals surface area contributed by atoms with Gasteiger partial charge < -0.3 is 4.74 Å². The second-order valence-corrected chi connectivity index (χ2v) is 4.68. The molecule has 0 bridgehead atoms. The summed E-state index contributed by atoms with van der Waals surface area (Å²) in [5.74, 6) is 0.847. The van der Waals surface area contributed by atoms with Crippen molar-refractivity contribution in [2.75, 3.05) is 6.61 Å². The first-order valence-electron chi connectivity index (χ1n) is 6.18. The quantitative estimate of drug-likeness (QED) is 0.524. The van der Waals surface area contributed by atoms with Gasteiger partial charge in [-0.2, -0.15) is 0 Å². The minimum atomic E-state index is -0.0386. The summed E-state index contributed by atoms with van der Waals surface area (Å²) in [7, 11) is 0. The Labute approximate surface area is 91.7 Å². The summed E-state index contributed by atoms with van der Waals surface area (Å²) in [5.41, 5.74) is 1.33. The van der Waals surface area contributed by atoms with Crippen LogP contribution < -0.4 is 0 Å². The molecule has 2 rings (SSSR count). The van der Waals surface area contributed by atoms with E-state index in [1.807, 2.05) is 6.92 Å². The Bertz CT molecular complexity index is 262. The van der Waals surface area contributed by atoms with Crippen LogP contribution in [-0.4, -0.2) is 12.6 Å². The van der Waals surface area contributed by atoms with Crippen LogP contribution in [0.5, 0.6) is 0 Å². The van der Waals surface area contributed by atoms with E-state index in [0.29, 0.717) is 6.61 Å². The van der Waals surface area contributed by atoms with Gasteiger partial charge in [-0.3, -0.25) is 4.79 Å². The van der Waals surface area contributed by atoms with Crippen molar-refractivity contribution in [1.82, 2.24) is 0 Å². The van der Waals surface area contributed by atoms with Crippen LogP contribution in [0.15, 0.2) is 11.6 Å². The molecule has 0 spiro atoms. The number of hydrogen-bond donors (Lipinski definition) is 0. The van der Waals surface area contributed by atoms with Gasteiger partial charge in [0.25, 0.3) is 0 Å². The lowest BCUT2D eigenvalue weighted by atomic mass is 9.86. The van der Waals surface area contributed by atoms with Crippen molar-refractivity contribution in [2.45, 2.75) is 45.4 Å². The van der Waals surface area contributed by atoms with Crippen LogP contribution in [0.1, 0.15) is 45.4 Å². The fourth-order valence-corrected chi connectivity index (χ4v) is 2.54. The lowest BCUT2D eigenvalue weighted by Crippen LogP contribution is -2.11. The molecule has 0 aromatic rings. The first kappa shape index (κ1) is 10.7. The number of carbonyl (C=O) groups excluding carboxylic acids is 1. The van der Waals surface area contributed by atoms with Gasteiger partial charge >= 0.3 is 5.97 Å². The van der Waals surface area contributed by atoms with Gasteiger partial charge in [-0.1, -0.05) is 43.8 Å². The number of esters is 1. The van der Waals surface area contributed by atoms with Crippen LogP contribution in [0.3, 0.4) is 0 Å². The van der Waals surface area contributed by atoms with E-state index in [4.69, 9.17) is 4.74 Å². The predicted molar refractivity (Wildman–Crippen MR) is 59.4 cm³/mol. The van der Waals surface area contributed by atoms with E-state index in [9.17, 15) is 4.79 Å². The zero-order chi connectivity index (χ0) is 10.7. The highest BCUT2D eigenvalue weighted by Crippen LogP contribution is 2.39. The second kappa shape index (κ2) is 4.82. The number of ether oxygens (including phenoxy) is 1. The highest BCUT2D eigenvalue weighted by Gasteiger charge is 2.34. The minimum Gasteiger partial charge on any atom is -0.465 e. The van der Waals surface area contributed by atoms with Crippen molar-refractivity contribution in [2.24, 2.45) is 11.8 Å². The Hall–Kier alpha value is -0.790. The molecule has 1 saturated carbocycles. The molecule has 2 nitrogen and oxygen atoms in total. The molecule has 0 aliphatic heterocycles. The number of carbonyl (C=O) groups is 1. The van der Waals surface area contributed by atoms with Crippen LogP contribution >= 0.6 is 0 Å². The highest BCUT2D eigenvalue weighted by atomic mass is 16.5. The molecule has 2 heteroatoms. The van der Waals surface area contributed by atoms with E-state index in [-0.39, 0.29) is 11.9 Å². The van der Waals surface area contributed by atoms with Crippen molar-refractivity contribution in [3.8, 4) is 0 Å². The van der Waals surface area contributed by atoms with Crippen LogP contribution in [0.25, 0.3) is 0 Å². The van der Waals surface area contributed by atoms with Gasteiger partial charge in [0.1, 0.15) is 0 Å². The Morgan fingerprint density at radius 2 is 2.13 bits per heavy atom. The molecule has 0 aromatic carbocycles. The van der Waals surface area contributed by atoms with E-state index in [1.54, 1.807) is 0 Å². The molecule has 15 heavy (non-hydrogen) atoms. The summed E-state index contributed by atoms with van der Waals surface area (Å²) in [5, 5.41) is 0. The van der Waals surface area contributed by atoms with Crippen molar-refractivity contribution in [3.63, 3.8) is 0 Å². The fourth-order valence-electron chi connectivity index (χ4n) is 2.54. The first-order chi connectivity index (χ1) is 7.31. The third kappa shape index (κ3) is 2.83. The summed E-state index contributed by atoms with van der Waals surface area (Å²) >= 11 is 0. The summed E-state index contributed by atoms with van der Waals surface area (Å²) in [6.07, 6.45) is 10.1. The standard InChI is InChI=1S/C13H20O2/c1-2-15-13(14)12-9-11(12)8-10-6-4-3-5-7-10/h9-10,12H,2-8H2,1H3/t12-/m1/s1. The summed E-state index contributed by atoms with van der Waals surface area (Å²) < 4.78 is 4.99. The molecule has 2 aliphatic rings. The molecule has 0 amide bonds.